The van der Waals surface area contributed by atoms with Crippen molar-refractivity contribution in [3.05, 3.63) is 59.7 Å². The molecule has 0 aliphatic heterocycles. The van der Waals surface area contributed by atoms with Crippen molar-refractivity contribution >= 4 is 19.3 Å². The van der Waals surface area contributed by atoms with Crippen molar-refractivity contribution in [2.75, 3.05) is 0 Å². The van der Waals surface area contributed by atoms with Crippen LogP contribution in [0.4, 0.5) is 0 Å². The number of benzene rings is 1. The monoisotopic (exact) mass is 298 g/mol. The first-order valence-electron chi connectivity index (χ1n) is 7.88. The average Bonchev–Trinajstić information content (AvgIpc) is 2.45. The molecule has 0 heterocycles. The van der Waals surface area contributed by atoms with Gasteiger partial charge in [0.2, 0.25) is 0 Å². The first-order chi connectivity index (χ1) is 9.86. The number of allylic oxidation sites excluding steroid dienone is 4. The van der Waals surface area contributed by atoms with Crippen LogP contribution in [0.5, 0.6) is 0 Å². The second-order valence-corrected chi connectivity index (χ2v) is 11.5. The molecule has 0 bridgehead atoms. The van der Waals surface area contributed by atoms with E-state index in [1.54, 1.807) is 0 Å². The molecular formula is C20H30Si. The maximum Gasteiger partial charge on any atom is 0.0851 e. The minimum atomic E-state index is -1.43. The maximum absolute atomic E-state index is 3.96. The molecule has 0 radical (unpaired) electrons. The third kappa shape index (κ3) is 5.89. The Labute approximate surface area is 132 Å². The van der Waals surface area contributed by atoms with Gasteiger partial charge in [-0.25, -0.2) is 0 Å². The van der Waals surface area contributed by atoms with Gasteiger partial charge >= 0.3 is 0 Å². The molecule has 0 N–H and O–H groups in total. The van der Waals surface area contributed by atoms with Crippen molar-refractivity contribution in [1.29, 1.82) is 0 Å². The Morgan fingerprint density at radius 3 is 2.38 bits per heavy atom. The van der Waals surface area contributed by atoms with Crippen LogP contribution in [0.25, 0.3) is 6.08 Å². The van der Waals surface area contributed by atoms with Crippen LogP contribution in [0.15, 0.2) is 54.1 Å². The highest BCUT2D eigenvalue weighted by Gasteiger charge is 2.23. The zero-order valence-electron chi connectivity index (χ0n) is 14.4. The quantitative estimate of drug-likeness (QED) is 0.432. The summed E-state index contributed by atoms with van der Waals surface area (Å²) in [6.45, 7) is 15.5. The van der Waals surface area contributed by atoms with Crippen molar-refractivity contribution in [2.24, 2.45) is 0 Å². The van der Waals surface area contributed by atoms with E-state index in [0.717, 1.165) is 6.42 Å². The SMILES string of the molecule is C=Cc1ccccc1[Si](C)(C)C/C=C(\C)CCC=C(C)C. The molecule has 114 valence electrons. The van der Waals surface area contributed by atoms with Crippen molar-refractivity contribution in [2.45, 2.75) is 52.8 Å². The lowest BCUT2D eigenvalue weighted by Crippen LogP contribution is -2.42. The molecule has 0 amide bonds. The van der Waals surface area contributed by atoms with Crippen LogP contribution in [-0.4, -0.2) is 8.07 Å². The maximum atomic E-state index is 3.96. The number of hydrogen-bond acceptors (Lipinski definition) is 0. The predicted molar refractivity (Wildman–Crippen MR) is 101 cm³/mol. The molecule has 1 aromatic rings. The van der Waals surface area contributed by atoms with E-state index in [1.807, 2.05) is 6.08 Å². The Kier molecular flexibility index (Phi) is 6.90. The van der Waals surface area contributed by atoms with Crippen molar-refractivity contribution in [1.82, 2.24) is 0 Å². The summed E-state index contributed by atoms with van der Waals surface area (Å²) >= 11 is 0. The molecule has 0 spiro atoms. The Balaban J connectivity index is 2.76. The summed E-state index contributed by atoms with van der Waals surface area (Å²) in [5.41, 5.74) is 4.24. The van der Waals surface area contributed by atoms with E-state index in [2.05, 4.69) is 76.9 Å². The van der Waals surface area contributed by atoms with Gasteiger partial charge in [0.1, 0.15) is 0 Å². The Bertz CT molecular complexity index is 529. The summed E-state index contributed by atoms with van der Waals surface area (Å²) in [7, 11) is -1.43. The fraction of sp³-hybridized carbons (Fsp3) is 0.400. The molecule has 21 heavy (non-hydrogen) atoms. The molecule has 1 aromatic carbocycles. The summed E-state index contributed by atoms with van der Waals surface area (Å²) in [6, 6.07) is 9.94. The highest BCUT2D eigenvalue weighted by atomic mass is 28.3. The van der Waals surface area contributed by atoms with Gasteiger partial charge in [-0.2, -0.15) is 0 Å². The largest absolute Gasteiger partial charge is 0.0985 e. The lowest BCUT2D eigenvalue weighted by molar-refractivity contribution is 0.963. The van der Waals surface area contributed by atoms with Gasteiger partial charge in [0, 0.05) is 0 Å². The second kappa shape index (κ2) is 8.19. The lowest BCUT2D eigenvalue weighted by Gasteiger charge is -2.24. The highest BCUT2D eigenvalue weighted by Crippen LogP contribution is 2.17. The van der Waals surface area contributed by atoms with Crippen LogP contribution >= 0.6 is 0 Å². The first-order valence-corrected chi connectivity index (χ1v) is 11.1. The molecule has 0 atom stereocenters. The lowest BCUT2D eigenvalue weighted by atomic mass is 10.1. The van der Waals surface area contributed by atoms with E-state index < -0.39 is 8.07 Å². The van der Waals surface area contributed by atoms with Gasteiger partial charge in [-0.15, -0.1) is 0 Å². The van der Waals surface area contributed by atoms with Gasteiger partial charge < -0.3 is 0 Å². The smallest absolute Gasteiger partial charge is 0.0851 e. The van der Waals surface area contributed by atoms with E-state index in [-0.39, 0.29) is 0 Å². The van der Waals surface area contributed by atoms with Gasteiger partial charge in [0.25, 0.3) is 0 Å². The normalized spacial score (nSPS) is 12.1. The Morgan fingerprint density at radius 2 is 1.76 bits per heavy atom. The van der Waals surface area contributed by atoms with Crippen LogP contribution in [0.2, 0.25) is 19.1 Å². The third-order valence-electron chi connectivity index (χ3n) is 3.96. The van der Waals surface area contributed by atoms with E-state index in [1.165, 1.54) is 34.4 Å². The number of hydrogen-bond donors (Lipinski definition) is 0. The van der Waals surface area contributed by atoms with Crippen LogP contribution in [-0.2, 0) is 0 Å². The summed E-state index contributed by atoms with van der Waals surface area (Å²) in [5.74, 6) is 0. The molecule has 0 aromatic heterocycles. The minimum absolute atomic E-state index is 1.16. The standard InChI is InChI=1S/C20H30Si/c1-7-19-13-8-9-14-20(19)21(5,6)16-15-18(4)12-10-11-17(2)3/h7-9,11,13-15H,1,10,12,16H2,2-6H3/b18-15+. The molecule has 0 saturated carbocycles. The molecular weight excluding hydrogens is 268 g/mol. The van der Waals surface area contributed by atoms with Crippen molar-refractivity contribution in [3.8, 4) is 0 Å². The zero-order chi connectivity index (χ0) is 15.9. The summed E-state index contributed by atoms with van der Waals surface area (Å²) in [4.78, 5) is 0. The zero-order valence-corrected chi connectivity index (χ0v) is 15.4. The third-order valence-corrected chi connectivity index (χ3v) is 7.10. The van der Waals surface area contributed by atoms with Gasteiger partial charge in [-0.05, 0) is 45.2 Å². The number of rotatable bonds is 7. The summed E-state index contributed by atoms with van der Waals surface area (Å²) < 4.78 is 0. The molecule has 0 aliphatic carbocycles. The van der Waals surface area contributed by atoms with Crippen LogP contribution in [0, 0.1) is 0 Å². The fourth-order valence-electron chi connectivity index (χ4n) is 2.52. The van der Waals surface area contributed by atoms with Gasteiger partial charge in [-0.1, -0.05) is 78.5 Å². The summed E-state index contributed by atoms with van der Waals surface area (Å²) in [6.07, 6.45) is 9.13. The van der Waals surface area contributed by atoms with Crippen molar-refractivity contribution < 1.29 is 0 Å². The Morgan fingerprint density at radius 1 is 1.10 bits per heavy atom. The molecule has 0 aliphatic rings. The highest BCUT2D eigenvalue weighted by molar-refractivity contribution is 6.90. The summed E-state index contributed by atoms with van der Waals surface area (Å²) in [5, 5.41) is 1.52. The molecule has 1 rings (SSSR count). The van der Waals surface area contributed by atoms with E-state index >= 15 is 0 Å². The molecule has 0 unspecified atom stereocenters. The fourth-order valence-corrected chi connectivity index (χ4v) is 5.11. The molecule has 0 saturated heterocycles. The Hall–Kier alpha value is -1.34. The molecule has 0 nitrogen and oxygen atoms in total. The van der Waals surface area contributed by atoms with Gasteiger partial charge in [0.15, 0.2) is 0 Å². The van der Waals surface area contributed by atoms with Crippen LogP contribution < -0.4 is 5.19 Å². The van der Waals surface area contributed by atoms with E-state index in [4.69, 9.17) is 0 Å². The van der Waals surface area contributed by atoms with Crippen LogP contribution in [0.1, 0.15) is 39.2 Å². The first kappa shape index (κ1) is 17.7. The molecule has 0 fully saturated rings. The van der Waals surface area contributed by atoms with Gasteiger partial charge in [0.05, 0.1) is 8.07 Å². The average molecular weight is 299 g/mol. The minimum Gasteiger partial charge on any atom is -0.0985 e. The van der Waals surface area contributed by atoms with Crippen molar-refractivity contribution in [3.63, 3.8) is 0 Å². The second-order valence-electron chi connectivity index (χ2n) is 6.75. The van der Waals surface area contributed by atoms with Crippen LogP contribution in [0.3, 0.4) is 0 Å². The van der Waals surface area contributed by atoms with Gasteiger partial charge in [-0.3, -0.25) is 0 Å². The van der Waals surface area contributed by atoms with E-state index in [9.17, 15) is 0 Å². The predicted octanol–water partition coefficient (Wildman–Crippen LogP) is 5.94. The topological polar surface area (TPSA) is 0 Å². The van der Waals surface area contributed by atoms with E-state index in [0.29, 0.717) is 0 Å². The molecule has 1 heteroatoms.